The number of nitrogens with one attached hydrogen (secondary N) is 1. The van der Waals surface area contributed by atoms with Crippen LogP contribution in [0, 0.1) is 5.92 Å². The standard InChI is InChI=1S/C14H20N2O2/c1-3-10(4-2)14(18)16-12-7-5-11(6-8-12)13(17)9-15/h5-8,10H,3-4,9,15H2,1-2H3,(H,16,18). The van der Waals surface area contributed by atoms with Crippen LogP contribution in [-0.4, -0.2) is 18.2 Å². The van der Waals surface area contributed by atoms with Crippen LogP contribution in [0.3, 0.4) is 0 Å². The molecule has 0 aliphatic carbocycles. The van der Waals surface area contributed by atoms with Crippen LogP contribution in [0.2, 0.25) is 0 Å². The highest BCUT2D eigenvalue weighted by Crippen LogP contribution is 2.14. The molecule has 1 amide bonds. The van der Waals surface area contributed by atoms with Crippen LogP contribution in [0.15, 0.2) is 24.3 Å². The average Bonchev–Trinajstić information content (AvgIpc) is 2.40. The first-order valence-corrected chi connectivity index (χ1v) is 6.26. The Hall–Kier alpha value is -1.68. The Morgan fingerprint density at radius 1 is 1.17 bits per heavy atom. The van der Waals surface area contributed by atoms with Crippen molar-refractivity contribution in [3.05, 3.63) is 29.8 Å². The van der Waals surface area contributed by atoms with Gasteiger partial charge in [-0.1, -0.05) is 13.8 Å². The van der Waals surface area contributed by atoms with Gasteiger partial charge in [-0.3, -0.25) is 9.59 Å². The van der Waals surface area contributed by atoms with Gasteiger partial charge in [0, 0.05) is 17.2 Å². The highest BCUT2D eigenvalue weighted by molar-refractivity contribution is 5.98. The average molecular weight is 248 g/mol. The Balaban J connectivity index is 2.69. The van der Waals surface area contributed by atoms with Crippen LogP contribution in [0.25, 0.3) is 0 Å². The molecule has 0 aliphatic heterocycles. The number of nitrogens with two attached hydrogens (primary N) is 1. The van der Waals surface area contributed by atoms with Gasteiger partial charge in [-0.05, 0) is 37.1 Å². The summed E-state index contributed by atoms with van der Waals surface area (Å²) < 4.78 is 0. The molecule has 0 heterocycles. The third-order valence-corrected chi connectivity index (χ3v) is 3.02. The SMILES string of the molecule is CCC(CC)C(=O)Nc1ccc(C(=O)CN)cc1. The number of ketones is 1. The molecule has 0 unspecified atom stereocenters. The lowest BCUT2D eigenvalue weighted by Gasteiger charge is -2.12. The number of anilines is 1. The molecule has 1 aromatic rings. The summed E-state index contributed by atoms with van der Waals surface area (Å²) in [6, 6.07) is 6.81. The van der Waals surface area contributed by atoms with E-state index in [4.69, 9.17) is 5.73 Å². The van der Waals surface area contributed by atoms with Gasteiger partial charge in [0.25, 0.3) is 0 Å². The monoisotopic (exact) mass is 248 g/mol. The molecule has 0 atom stereocenters. The number of Topliss-reactive ketones (excluding diaryl/α,β-unsaturated/α-hetero) is 1. The lowest BCUT2D eigenvalue weighted by Crippen LogP contribution is -2.21. The number of hydrogen-bond acceptors (Lipinski definition) is 3. The van der Waals surface area contributed by atoms with Crippen molar-refractivity contribution < 1.29 is 9.59 Å². The van der Waals surface area contributed by atoms with Crippen molar-refractivity contribution in [1.82, 2.24) is 0 Å². The van der Waals surface area contributed by atoms with E-state index in [1.165, 1.54) is 0 Å². The van der Waals surface area contributed by atoms with E-state index in [2.05, 4.69) is 5.32 Å². The molecular formula is C14H20N2O2. The lowest BCUT2D eigenvalue weighted by atomic mass is 10.0. The van der Waals surface area contributed by atoms with Crippen LogP contribution in [0.1, 0.15) is 37.0 Å². The summed E-state index contributed by atoms with van der Waals surface area (Å²) >= 11 is 0. The number of carbonyl (C=O) groups is 2. The van der Waals surface area contributed by atoms with Crippen molar-refractivity contribution in [2.45, 2.75) is 26.7 Å². The Bertz CT molecular complexity index is 408. The maximum atomic E-state index is 11.9. The van der Waals surface area contributed by atoms with E-state index < -0.39 is 0 Å². The Morgan fingerprint density at radius 2 is 1.72 bits per heavy atom. The summed E-state index contributed by atoms with van der Waals surface area (Å²) in [5.74, 6) is -0.0406. The van der Waals surface area contributed by atoms with E-state index in [1.54, 1.807) is 24.3 Å². The van der Waals surface area contributed by atoms with Crippen molar-refractivity contribution in [2.75, 3.05) is 11.9 Å². The van der Waals surface area contributed by atoms with Gasteiger partial charge < -0.3 is 11.1 Å². The molecule has 0 bridgehead atoms. The minimum absolute atomic E-state index is 0.000546. The van der Waals surface area contributed by atoms with Crippen molar-refractivity contribution in [3.63, 3.8) is 0 Å². The predicted octanol–water partition coefficient (Wildman–Crippen LogP) is 2.20. The van der Waals surface area contributed by atoms with Crippen molar-refractivity contribution in [3.8, 4) is 0 Å². The van der Waals surface area contributed by atoms with Crippen LogP contribution < -0.4 is 11.1 Å². The van der Waals surface area contributed by atoms with Gasteiger partial charge in [0.2, 0.25) is 5.91 Å². The minimum Gasteiger partial charge on any atom is -0.326 e. The molecule has 1 rings (SSSR count). The quantitative estimate of drug-likeness (QED) is 0.758. The number of hydrogen-bond donors (Lipinski definition) is 2. The van der Waals surface area contributed by atoms with Crippen LogP contribution >= 0.6 is 0 Å². The van der Waals surface area contributed by atoms with E-state index in [1.807, 2.05) is 13.8 Å². The third-order valence-electron chi connectivity index (χ3n) is 3.02. The predicted molar refractivity (Wildman–Crippen MR) is 72.5 cm³/mol. The normalized spacial score (nSPS) is 10.4. The molecule has 0 radical (unpaired) electrons. The zero-order valence-corrected chi connectivity index (χ0v) is 10.9. The van der Waals surface area contributed by atoms with Crippen molar-refractivity contribution >= 4 is 17.4 Å². The summed E-state index contributed by atoms with van der Waals surface area (Å²) in [6.07, 6.45) is 1.65. The molecule has 0 saturated heterocycles. The van der Waals surface area contributed by atoms with Gasteiger partial charge in [0.1, 0.15) is 0 Å². The molecule has 0 fully saturated rings. The third kappa shape index (κ3) is 3.67. The first kappa shape index (κ1) is 14.4. The summed E-state index contributed by atoms with van der Waals surface area (Å²) in [4.78, 5) is 23.2. The van der Waals surface area contributed by atoms with Gasteiger partial charge in [0.05, 0.1) is 6.54 Å². The zero-order valence-electron chi connectivity index (χ0n) is 10.9. The molecule has 1 aromatic carbocycles. The molecule has 0 saturated carbocycles. The van der Waals surface area contributed by atoms with E-state index in [9.17, 15) is 9.59 Å². The minimum atomic E-state index is -0.104. The summed E-state index contributed by atoms with van der Waals surface area (Å²) in [7, 11) is 0. The van der Waals surface area contributed by atoms with Gasteiger partial charge >= 0.3 is 0 Å². The first-order chi connectivity index (χ1) is 8.62. The van der Waals surface area contributed by atoms with Gasteiger partial charge in [-0.15, -0.1) is 0 Å². The van der Waals surface area contributed by atoms with Crippen molar-refractivity contribution in [2.24, 2.45) is 11.7 Å². The highest BCUT2D eigenvalue weighted by Gasteiger charge is 2.14. The van der Waals surface area contributed by atoms with E-state index >= 15 is 0 Å². The summed E-state index contributed by atoms with van der Waals surface area (Å²) in [5.41, 5.74) is 6.56. The fourth-order valence-electron chi connectivity index (χ4n) is 1.76. The van der Waals surface area contributed by atoms with E-state index in [0.29, 0.717) is 11.3 Å². The number of carbonyl (C=O) groups excluding carboxylic acids is 2. The Kier molecular flexibility index (Phi) is 5.52. The Labute approximate surface area is 108 Å². The maximum Gasteiger partial charge on any atom is 0.227 e. The number of amides is 1. The van der Waals surface area contributed by atoms with Crippen LogP contribution in [0.4, 0.5) is 5.69 Å². The molecule has 0 aliphatic rings. The molecule has 3 N–H and O–H groups in total. The van der Waals surface area contributed by atoms with Gasteiger partial charge in [-0.25, -0.2) is 0 Å². The fourth-order valence-corrected chi connectivity index (χ4v) is 1.76. The maximum absolute atomic E-state index is 11.9. The molecule has 4 heteroatoms. The molecule has 18 heavy (non-hydrogen) atoms. The van der Waals surface area contributed by atoms with Crippen LogP contribution in [-0.2, 0) is 4.79 Å². The van der Waals surface area contributed by atoms with Gasteiger partial charge in [0.15, 0.2) is 5.78 Å². The number of rotatable bonds is 6. The summed E-state index contributed by atoms with van der Waals surface area (Å²) in [5, 5.41) is 2.85. The van der Waals surface area contributed by atoms with Gasteiger partial charge in [-0.2, -0.15) is 0 Å². The zero-order chi connectivity index (χ0) is 13.5. The lowest BCUT2D eigenvalue weighted by molar-refractivity contribution is -0.120. The second kappa shape index (κ2) is 6.91. The smallest absolute Gasteiger partial charge is 0.227 e. The molecular weight excluding hydrogens is 228 g/mol. The second-order valence-corrected chi connectivity index (χ2v) is 4.21. The van der Waals surface area contributed by atoms with E-state index in [-0.39, 0.29) is 24.2 Å². The largest absolute Gasteiger partial charge is 0.326 e. The first-order valence-electron chi connectivity index (χ1n) is 6.26. The number of benzene rings is 1. The molecule has 98 valence electrons. The molecule has 0 spiro atoms. The van der Waals surface area contributed by atoms with Crippen LogP contribution in [0.5, 0.6) is 0 Å². The van der Waals surface area contributed by atoms with Crippen molar-refractivity contribution in [1.29, 1.82) is 0 Å². The topological polar surface area (TPSA) is 72.2 Å². The second-order valence-electron chi connectivity index (χ2n) is 4.21. The molecule has 0 aromatic heterocycles. The Morgan fingerprint density at radius 3 is 2.17 bits per heavy atom. The molecule has 4 nitrogen and oxygen atoms in total. The van der Waals surface area contributed by atoms with E-state index in [0.717, 1.165) is 12.8 Å². The highest BCUT2D eigenvalue weighted by atomic mass is 16.2. The fraction of sp³-hybridized carbons (Fsp3) is 0.429. The summed E-state index contributed by atoms with van der Waals surface area (Å²) in [6.45, 7) is 3.99.